The number of hydrogen-bond acceptors (Lipinski definition) is 12. The Morgan fingerprint density at radius 1 is 0.508 bits per heavy atom. The lowest BCUT2D eigenvalue weighted by molar-refractivity contribution is -0.220. The molecule has 0 heterocycles. The highest BCUT2D eigenvalue weighted by Crippen LogP contribution is 2.47. The van der Waals surface area contributed by atoms with Crippen molar-refractivity contribution in [2.45, 2.75) is 236 Å². The summed E-state index contributed by atoms with van der Waals surface area (Å²) in [5.74, 6) is -1.11. The molecule has 0 spiro atoms. The molecule has 13 nitrogen and oxygen atoms in total. The van der Waals surface area contributed by atoms with Gasteiger partial charge in [-0.15, -0.1) is 0 Å². The molecule has 1 aliphatic rings. The highest BCUT2D eigenvalue weighted by molar-refractivity contribution is 7.47. The van der Waals surface area contributed by atoms with Crippen LogP contribution in [0.4, 0.5) is 0 Å². The minimum atomic E-state index is -5.11. The minimum Gasteiger partial charge on any atom is -0.462 e. The lowest BCUT2D eigenvalue weighted by atomic mass is 9.85. The summed E-state index contributed by atoms with van der Waals surface area (Å²) in [7, 11) is -5.11. The van der Waals surface area contributed by atoms with E-state index in [9.17, 15) is 44.6 Å². The smallest absolute Gasteiger partial charge is 0.462 e. The summed E-state index contributed by atoms with van der Waals surface area (Å²) in [6.45, 7) is 3.24. The van der Waals surface area contributed by atoms with Gasteiger partial charge in [0.2, 0.25) is 0 Å². The molecule has 0 radical (unpaired) electrons. The molecule has 1 saturated carbocycles. The van der Waals surface area contributed by atoms with Crippen molar-refractivity contribution in [2.24, 2.45) is 0 Å². The number of allylic oxidation sites excluding steroid dienone is 4. The Labute approximate surface area is 356 Å². The Bertz CT molecular complexity index is 1130. The zero-order valence-corrected chi connectivity index (χ0v) is 37.4. The zero-order valence-electron chi connectivity index (χ0n) is 36.6. The standard InChI is InChI=1S/C45H83O13P/c1-3-5-7-9-11-13-15-16-17-18-19-20-21-22-24-25-27-29-31-33-38(46)55-35-37(57-39(47)34-32-30-28-26-23-14-12-10-8-6-4-2)36-56-59(53,54)58-45-43(51)41(49)40(48)42(50)44(45)52/h10,12,18-19,37,40-45,48-52H,3-9,11,13-17,20-36H2,1-2H3,(H,53,54)/b12-10-,19-18-/t37-,40?,41-,42?,43?,44?,45?/m1/s1. The molecule has 59 heavy (non-hydrogen) atoms. The van der Waals surface area contributed by atoms with Crippen LogP contribution >= 0.6 is 7.82 Å². The summed E-state index contributed by atoms with van der Waals surface area (Å²) in [5, 5.41) is 50.1. The first kappa shape index (κ1) is 55.3. The van der Waals surface area contributed by atoms with Crippen molar-refractivity contribution in [2.75, 3.05) is 13.2 Å². The number of unbranched alkanes of at least 4 members (excludes halogenated alkanes) is 22. The van der Waals surface area contributed by atoms with Gasteiger partial charge in [-0.2, -0.15) is 0 Å². The molecule has 6 N–H and O–H groups in total. The van der Waals surface area contributed by atoms with Crippen molar-refractivity contribution in [1.29, 1.82) is 0 Å². The Balaban J connectivity index is 2.42. The number of aliphatic hydroxyl groups excluding tert-OH is 5. The highest BCUT2D eigenvalue weighted by atomic mass is 31.2. The molecule has 0 aromatic rings. The lowest BCUT2D eigenvalue weighted by Gasteiger charge is -2.41. The van der Waals surface area contributed by atoms with Crippen molar-refractivity contribution < 1.29 is 63.1 Å². The topological polar surface area (TPSA) is 210 Å². The molecule has 8 atom stereocenters. The van der Waals surface area contributed by atoms with Crippen molar-refractivity contribution in [1.82, 2.24) is 0 Å². The largest absolute Gasteiger partial charge is 0.472 e. The Hall–Kier alpha value is -1.67. The number of esters is 2. The molecular formula is C45H83O13P. The molecule has 1 aliphatic carbocycles. The van der Waals surface area contributed by atoms with Crippen LogP contribution in [0.5, 0.6) is 0 Å². The predicted octanol–water partition coefficient (Wildman–Crippen LogP) is 8.84. The van der Waals surface area contributed by atoms with Gasteiger partial charge < -0.3 is 39.9 Å². The Morgan fingerprint density at radius 2 is 0.881 bits per heavy atom. The van der Waals surface area contributed by atoms with Gasteiger partial charge in [0.25, 0.3) is 0 Å². The van der Waals surface area contributed by atoms with Crippen LogP contribution < -0.4 is 0 Å². The van der Waals surface area contributed by atoms with Crippen LogP contribution in [0.25, 0.3) is 0 Å². The first-order valence-corrected chi connectivity index (χ1v) is 24.6. The summed E-state index contributed by atoms with van der Waals surface area (Å²) in [6.07, 6.45) is 25.3. The third kappa shape index (κ3) is 28.5. The SMILES string of the molecule is CCCC/C=C\CCCCCCCC(=O)O[C@H](COC(=O)CCCCCCCCC/C=C\CCCCCCCCCC)COP(=O)(O)OC1C(O)C(O)C(O)[C@@H](O)C1O. The molecule has 0 amide bonds. The zero-order chi connectivity index (χ0) is 43.6. The maximum atomic E-state index is 12.8. The maximum absolute atomic E-state index is 12.8. The molecule has 0 aliphatic heterocycles. The molecule has 1 fully saturated rings. The number of aliphatic hydroxyl groups is 5. The second-order valence-corrected chi connectivity index (χ2v) is 17.7. The number of hydrogen-bond donors (Lipinski definition) is 6. The van der Waals surface area contributed by atoms with Gasteiger partial charge in [-0.1, -0.05) is 147 Å². The third-order valence-electron chi connectivity index (χ3n) is 10.8. The number of rotatable bonds is 38. The summed E-state index contributed by atoms with van der Waals surface area (Å²) in [6, 6.07) is 0. The highest BCUT2D eigenvalue weighted by Gasteiger charge is 2.51. The maximum Gasteiger partial charge on any atom is 0.472 e. The normalized spacial score (nSPS) is 22.5. The van der Waals surface area contributed by atoms with Crippen molar-refractivity contribution in [3.63, 3.8) is 0 Å². The molecule has 0 aromatic heterocycles. The fourth-order valence-corrected chi connectivity index (χ4v) is 7.94. The van der Waals surface area contributed by atoms with E-state index < -0.39 is 75.7 Å². The summed E-state index contributed by atoms with van der Waals surface area (Å²) in [4.78, 5) is 35.6. The third-order valence-corrected chi connectivity index (χ3v) is 11.8. The first-order chi connectivity index (χ1) is 28.4. The van der Waals surface area contributed by atoms with Gasteiger partial charge in [-0.25, -0.2) is 4.57 Å². The second kappa shape index (κ2) is 35.9. The molecule has 0 aromatic carbocycles. The van der Waals surface area contributed by atoms with Crippen LogP contribution in [0.2, 0.25) is 0 Å². The number of carbonyl (C=O) groups excluding carboxylic acids is 2. The van der Waals surface area contributed by atoms with E-state index in [-0.39, 0.29) is 12.8 Å². The summed E-state index contributed by atoms with van der Waals surface area (Å²) < 4.78 is 33.5. The van der Waals surface area contributed by atoms with Gasteiger partial charge in [0.15, 0.2) is 6.10 Å². The van der Waals surface area contributed by atoms with Crippen LogP contribution in [-0.2, 0) is 32.7 Å². The Kier molecular flexibility index (Phi) is 33.7. The first-order valence-electron chi connectivity index (χ1n) is 23.1. The molecule has 6 unspecified atom stereocenters. The van der Waals surface area contributed by atoms with E-state index in [2.05, 4.69) is 38.2 Å². The number of phosphoric ester groups is 1. The number of carbonyl (C=O) groups is 2. The van der Waals surface area contributed by atoms with Crippen LogP contribution in [0.3, 0.4) is 0 Å². The average molecular weight is 863 g/mol. The van der Waals surface area contributed by atoms with Gasteiger partial charge >= 0.3 is 19.8 Å². The average Bonchev–Trinajstić information content (AvgIpc) is 3.21. The predicted molar refractivity (Wildman–Crippen MR) is 230 cm³/mol. The van der Waals surface area contributed by atoms with Gasteiger partial charge in [-0.05, 0) is 57.8 Å². The number of phosphoric acid groups is 1. The van der Waals surface area contributed by atoms with E-state index in [0.717, 1.165) is 70.6 Å². The van der Waals surface area contributed by atoms with Gasteiger partial charge in [0.1, 0.15) is 43.2 Å². The van der Waals surface area contributed by atoms with Crippen LogP contribution in [0, 0.1) is 0 Å². The van der Waals surface area contributed by atoms with Gasteiger partial charge in [0, 0.05) is 12.8 Å². The van der Waals surface area contributed by atoms with Crippen molar-refractivity contribution in [3.8, 4) is 0 Å². The van der Waals surface area contributed by atoms with Crippen LogP contribution in [0.1, 0.15) is 194 Å². The van der Waals surface area contributed by atoms with E-state index in [1.807, 2.05) is 0 Å². The van der Waals surface area contributed by atoms with E-state index >= 15 is 0 Å². The molecular weight excluding hydrogens is 779 g/mol. The van der Waals surface area contributed by atoms with Crippen molar-refractivity contribution in [3.05, 3.63) is 24.3 Å². The van der Waals surface area contributed by atoms with Gasteiger partial charge in [-0.3, -0.25) is 18.6 Å². The fraction of sp³-hybridized carbons (Fsp3) is 0.867. The fourth-order valence-electron chi connectivity index (χ4n) is 6.97. The van der Waals surface area contributed by atoms with E-state index in [4.69, 9.17) is 18.5 Å². The number of ether oxygens (including phenoxy) is 2. The summed E-state index contributed by atoms with van der Waals surface area (Å²) in [5.41, 5.74) is 0. The molecule has 346 valence electrons. The van der Waals surface area contributed by atoms with E-state index in [1.165, 1.54) is 83.5 Å². The molecule has 0 bridgehead atoms. The van der Waals surface area contributed by atoms with E-state index in [0.29, 0.717) is 12.8 Å². The molecule has 0 saturated heterocycles. The molecule has 1 rings (SSSR count). The lowest BCUT2D eigenvalue weighted by Crippen LogP contribution is -2.64. The minimum absolute atomic E-state index is 0.0866. The quantitative estimate of drug-likeness (QED) is 0.0149. The van der Waals surface area contributed by atoms with Crippen LogP contribution in [0.15, 0.2) is 24.3 Å². The monoisotopic (exact) mass is 863 g/mol. The molecule has 14 heteroatoms. The summed E-state index contributed by atoms with van der Waals surface area (Å²) >= 11 is 0. The van der Waals surface area contributed by atoms with Crippen molar-refractivity contribution >= 4 is 19.8 Å². The Morgan fingerprint density at radius 3 is 1.34 bits per heavy atom. The van der Waals surface area contributed by atoms with E-state index in [1.54, 1.807) is 0 Å². The van der Waals surface area contributed by atoms with Crippen LogP contribution in [-0.4, -0.2) is 98.3 Å². The second-order valence-electron chi connectivity index (χ2n) is 16.3. The van der Waals surface area contributed by atoms with Gasteiger partial charge in [0.05, 0.1) is 6.61 Å².